The lowest BCUT2D eigenvalue weighted by Crippen LogP contribution is -2.53. The number of amides is 4. The number of ether oxygens (including phenoxy) is 3. The van der Waals surface area contributed by atoms with Crippen LogP contribution in [0.25, 0.3) is 33.6 Å². The van der Waals surface area contributed by atoms with Crippen LogP contribution in [0.1, 0.15) is 76.0 Å². The van der Waals surface area contributed by atoms with E-state index in [4.69, 9.17) is 14.2 Å². The SMILES string of the molecule is COC(=O)N[C@H](C(=O)N1CCC[C@H]1c1ncc(-c2ccc(-c3ccc(-c4ccc(C5CCCN5C(=O)[C@@H](NC(=O)OC)C5CCOCC5)[nH]4)cc3)cc2)[nH]1)C(C)C. The number of likely N-dealkylation sites (tertiary alicyclic amines) is 2. The minimum absolute atomic E-state index is 0.00618. The summed E-state index contributed by atoms with van der Waals surface area (Å²) in [5.74, 6) is 0.404. The highest BCUT2D eigenvalue weighted by Gasteiger charge is 2.40. The van der Waals surface area contributed by atoms with Crippen LogP contribution >= 0.6 is 0 Å². The maximum atomic E-state index is 14.0. The Kier molecular flexibility index (Phi) is 12.3. The van der Waals surface area contributed by atoms with Crippen LogP contribution in [0.2, 0.25) is 0 Å². The molecule has 3 fully saturated rings. The molecular formula is C43H53N7O7. The van der Waals surface area contributed by atoms with Gasteiger partial charge in [0.25, 0.3) is 0 Å². The van der Waals surface area contributed by atoms with Crippen molar-refractivity contribution < 1.29 is 33.4 Å². The highest BCUT2D eigenvalue weighted by Crippen LogP contribution is 2.36. The molecule has 4 N–H and O–H groups in total. The van der Waals surface area contributed by atoms with E-state index in [-0.39, 0.29) is 35.7 Å². The number of rotatable bonds is 11. The first kappa shape index (κ1) is 39.6. The summed E-state index contributed by atoms with van der Waals surface area (Å²) in [5, 5.41) is 5.52. The Bertz CT molecular complexity index is 2020. The van der Waals surface area contributed by atoms with Crippen molar-refractivity contribution in [3.8, 4) is 33.6 Å². The summed E-state index contributed by atoms with van der Waals surface area (Å²) in [4.78, 5) is 67.1. The summed E-state index contributed by atoms with van der Waals surface area (Å²) in [7, 11) is 2.61. The van der Waals surface area contributed by atoms with Gasteiger partial charge in [0.15, 0.2) is 0 Å². The molecule has 7 rings (SSSR count). The van der Waals surface area contributed by atoms with Crippen LogP contribution in [0.3, 0.4) is 0 Å². The van der Waals surface area contributed by atoms with E-state index >= 15 is 0 Å². The molecule has 14 heteroatoms. The van der Waals surface area contributed by atoms with Crippen LogP contribution in [0.15, 0.2) is 66.9 Å². The number of hydrogen-bond donors (Lipinski definition) is 4. The van der Waals surface area contributed by atoms with E-state index in [1.807, 2.05) is 29.8 Å². The van der Waals surface area contributed by atoms with Crippen LogP contribution in [0, 0.1) is 11.8 Å². The first-order valence-electron chi connectivity index (χ1n) is 20.0. The summed E-state index contributed by atoms with van der Waals surface area (Å²) in [6.45, 7) is 6.18. The highest BCUT2D eigenvalue weighted by atomic mass is 16.5. The lowest BCUT2D eigenvalue weighted by molar-refractivity contribution is -0.137. The summed E-state index contributed by atoms with van der Waals surface area (Å²) < 4.78 is 15.2. The number of carbonyl (C=O) groups is 4. The molecule has 4 atom stereocenters. The maximum absolute atomic E-state index is 14.0. The van der Waals surface area contributed by atoms with Gasteiger partial charge in [-0.15, -0.1) is 0 Å². The van der Waals surface area contributed by atoms with Gasteiger partial charge >= 0.3 is 12.2 Å². The van der Waals surface area contributed by atoms with Gasteiger partial charge in [-0.25, -0.2) is 14.6 Å². The van der Waals surface area contributed by atoms with Gasteiger partial charge in [0.1, 0.15) is 17.9 Å². The number of hydrogen-bond acceptors (Lipinski definition) is 8. The van der Waals surface area contributed by atoms with Gasteiger partial charge in [-0.05, 0) is 84.7 Å². The number of alkyl carbamates (subject to hydrolysis) is 2. The number of benzene rings is 2. The number of nitrogens with zero attached hydrogens (tertiary/aromatic N) is 3. The molecule has 0 bridgehead atoms. The molecular weight excluding hydrogens is 727 g/mol. The Balaban J connectivity index is 0.999. The minimum Gasteiger partial charge on any atom is -0.453 e. The molecule has 3 saturated heterocycles. The van der Waals surface area contributed by atoms with Crippen molar-refractivity contribution in [2.75, 3.05) is 40.5 Å². The van der Waals surface area contributed by atoms with E-state index in [0.717, 1.165) is 70.8 Å². The van der Waals surface area contributed by atoms with Crippen LogP contribution in [-0.2, 0) is 23.8 Å². The number of aromatic nitrogens is 3. The molecule has 4 aromatic rings. The fraction of sp³-hybridized carbons (Fsp3) is 0.465. The Morgan fingerprint density at radius 3 is 1.88 bits per heavy atom. The smallest absolute Gasteiger partial charge is 0.407 e. The quantitative estimate of drug-likeness (QED) is 0.132. The first-order valence-corrected chi connectivity index (χ1v) is 20.0. The second-order valence-corrected chi connectivity index (χ2v) is 15.5. The van der Waals surface area contributed by atoms with Gasteiger partial charge in [-0.2, -0.15) is 0 Å². The molecule has 3 aliphatic heterocycles. The molecule has 14 nitrogen and oxygen atoms in total. The number of nitrogens with one attached hydrogen (secondary N) is 4. The number of H-pyrrole nitrogens is 2. The van der Waals surface area contributed by atoms with Gasteiger partial charge in [0.2, 0.25) is 11.8 Å². The Morgan fingerprint density at radius 2 is 1.26 bits per heavy atom. The number of carbonyl (C=O) groups excluding carboxylic acids is 4. The third-order valence-corrected chi connectivity index (χ3v) is 11.6. The van der Waals surface area contributed by atoms with Crippen LogP contribution in [-0.4, -0.2) is 101 Å². The molecule has 4 amide bonds. The molecule has 1 unspecified atom stereocenters. The average Bonchev–Trinajstić information content (AvgIpc) is 4.09. The van der Waals surface area contributed by atoms with Crippen molar-refractivity contribution in [3.05, 3.63) is 78.4 Å². The van der Waals surface area contributed by atoms with E-state index < -0.39 is 24.3 Å². The van der Waals surface area contributed by atoms with Gasteiger partial charge < -0.3 is 44.6 Å². The predicted molar refractivity (Wildman–Crippen MR) is 214 cm³/mol. The molecule has 2 aromatic heterocycles. The van der Waals surface area contributed by atoms with Crippen LogP contribution < -0.4 is 10.6 Å². The maximum Gasteiger partial charge on any atom is 0.407 e. The van der Waals surface area contributed by atoms with E-state index in [2.05, 4.69) is 86.2 Å². The van der Waals surface area contributed by atoms with E-state index in [9.17, 15) is 19.2 Å². The zero-order chi connectivity index (χ0) is 40.1. The predicted octanol–water partition coefficient (Wildman–Crippen LogP) is 6.60. The molecule has 302 valence electrons. The largest absolute Gasteiger partial charge is 0.453 e. The third kappa shape index (κ3) is 8.70. The second kappa shape index (κ2) is 17.7. The third-order valence-electron chi connectivity index (χ3n) is 11.6. The number of aromatic amines is 2. The second-order valence-electron chi connectivity index (χ2n) is 15.5. The molecule has 5 heterocycles. The monoisotopic (exact) mass is 779 g/mol. The van der Waals surface area contributed by atoms with E-state index in [0.29, 0.717) is 39.1 Å². The Morgan fingerprint density at radius 1 is 0.702 bits per heavy atom. The van der Waals surface area contributed by atoms with Crippen LogP contribution in [0.4, 0.5) is 9.59 Å². The van der Waals surface area contributed by atoms with Gasteiger partial charge in [0.05, 0.1) is 38.2 Å². The molecule has 2 aromatic carbocycles. The average molecular weight is 780 g/mol. The van der Waals surface area contributed by atoms with Gasteiger partial charge in [0, 0.05) is 37.7 Å². The molecule has 0 radical (unpaired) electrons. The Labute approximate surface area is 333 Å². The van der Waals surface area contributed by atoms with Crippen LogP contribution in [0.5, 0.6) is 0 Å². The van der Waals surface area contributed by atoms with Gasteiger partial charge in [-0.3, -0.25) is 9.59 Å². The summed E-state index contributed by atoms with van der Waals surface area (Å²) in [6, 6.07) is 19.2. The van der Waals surface area contributed by atoms with Gasteiger partial charge in [-0.1, -0.05) is 62.4 Å². The minimum atomic E-state index is -0.686. The fourth-order valence-corrected chi connectivity index (χ4v) is 8.45. The normalized spacial score (nSPS) is 19.7. The lowest BCUT2D eigenvalue weighted by atomic mass is 9.90. The van der Waals surface area contributed by atoms with E-state index in [1.165, 1.54) is 14.2 Å². The van der Waals surface area contributed by atoms with Crippen molar-refractivity contribution in [1.29, 1.82) is 0 Å². The standard InChI is InChI=1S/C43H53N7O7/c1-26(2)37(47-42(53)55-3)40(51)50-22-6-8-36(50)39-44-25-34(46-39)30-15-11-28(12-16-30)27-9-13-29(14-10-27)32-17-18-33(45-32)35-7-5-21-49(35)41(52)38(48-43(54)56-4)31-19-23-57-24-20-31/h9-18,25-26,31,35-38,45H,5-8,19-24H2,1-4H3,(H,44,46)(H,47,53)(H,48,54)/t35?,36-,37-,38-/m0/s1. The molecule has 0 saturated carbocycles. The van der Waals surface area contributed by atoms with Crippen molar-refractivity contribution in [2.45, 2.75) is 76.5 Å². The lowest BCUT2D eigenvalue weighted by Gasteiger charge is -2.34. The van der Waals surface area contributed by atoms with Crippen molar-refractivity contribution >= 4 is 24.0 Å². The molecule has 57 heavy (non-hydrogen) atoms. The number of imidazole rings is 1. The molecule has 0 aliphatic carbocycles. The van der Waals surface area contributed by atoms with E-state index in [1.54, 1.807) is 0 Å². The fourth-order valence-electron chi connectivity index (χ4n) is 8.45. The zero-order valence-corrected chi connectivity index (χ0v) is 33.1. The Hall–Kier alpha value is -5.63. The summed E-state index contributed by atoms with van der Waals surface area (Å²) in [5.41, 5.74) is 6.98. The summed E-state index contributed by atoms with van der Waals surface area (Å²) >= 11 is 0. The zero-order valence-electron chi connectivity index (χ0n) is 33.1. The molecule has 0 spiro atoms. The highest BCUT2D eigenvalue weighted by molar-refractivity contribution is 5.87. The van der Waals surface area contributed by atoms with Crippen molar-refractivity contribution in [2.24, 2.45) is 11.8 Å². The topological polar surface area (TPSA) is 171 Å². The number of methoxy groups -OCH3 is 2. The summed E-state index contributed by atoms with van der Waals surface area (Å²) in [6.07, 6.45) is 5.36. The van der Waals surface area contributed by atoms with Crippen molar-refractivity contribution in [3.63, 3.8) is 0 Å². The molecule has 3 aliphatic rings. The first-order chi connectivity index (χ1) is 27.6. The van der Waals surface area contributed by atoms with Crippen molar-refractivity contribution in [1.82, 2.24) is 35.4 Å².